The number of nitrogens with zero attached hydrogens (tertiary/aromatic N) is 4. The van der Waals surface area contributed by atoms with E-state index < -0.39 is 29.8 Å². The molecule has 1 fully saturated rings. The van der Waals surface area contributed by atoms with Gasteiger partial charge in [-0.05, 0) is 30.9 Å². The fourth-order valence-electron chi connectivity index (χ4n) is 5.68. The second kappa shape index (κ2) is 10.6. The molecular formula is C25H34N6O4. The summed E-state index contributed by atoms with van der Waals surface area (Å²) in [7, 11) is 1.57. The number of aliphatic hydroxyl groups is 1. The molecule has 0 bridgehead atoms. The zero-order chi connectivity index (χ0) is 25.1. The van der Waals surface area contributed by atoms with Crippen LogP contribution in [0.5, 0.6) is 0 Å². The average molecular weight is 483 g/mol. The van der Waals surface area contributed by atoms with Gasteiger partial charge in [0.1, 0.15) is 18.2 Å². The van der Waals surface area contributed by atoms with Crippen LogP contribution < -0.4 is 10.6 Å². The molecule has 1 aliphatic carbocycles. The predicted octanol–water partition coefficient (Wildman–Crippen LogP) is 1.07. The van der Waals surface area contributed by atoms with E-state index in [-0.39, 0.29) is 36.9 Å². The molecule has 10 heteroatoms. The summed E-state index contributed by atoms with van der Waals surface area (Å²) in [6.45, 7) is 3.75. The minimum atomic E-state index is -0.828. The minimum Gasteiger partial charge on any atom is -0.394 e. The quantitative estimate of drug-likeness (QED) is 0.459. The number of para-hydroxylation sites is 1. The molecule has 1 aromatic heterocycles. The van der Waals surface area contributed by atoms with Gasteiger partial charge in [0.2, 0.25) is 17.7 Å². The Morgan fingerprint density at radius 1 is 1.17 bits per heavy atom. The Kier molecular flexibility index (Phi) is 7.49. The van der Waals surface area contributed by atoms with Crippen molar-refractivity contribution in [2.45, 2.75) is 51.9 Å². The third-order valence-electron chi connectivity index (χ3n) is 7.39. The van der Waals surface area contributed by atoms with Crippen LogP contribution in [0.2, 0.25) is 0 Å². The maximum Gasteiger partial charge on any atom is 0.244 e. The first kappa shape index (κ1) is 24.8. The molecule has 2 aliphatic rings. The van der Waals surface area contributed by atoms with Gasteiger partial charge < -0.3 is 20.6 Å². The van der Waals surface area contributed by atoms with Crippen LogP contribution in [0.15, 0.2) is 36.4 Å². The number of aliphatic hydroxyl groups excluding tert-OH is 1. The first-order chi connectivity index (χ1) is 17.0. The monoisotopic (exact) mass is 482 g/mol. The molecule has 1 aliphatic heterocycles. The number of carbonyl (C=O) groups is 3. The molecule has 188 valence electrons. The van der Waals surface area contributed by atoms with Crippen molar-refractivity contribution >= 4 is 28.8 Å². The van der Waals surface area contributed by atoms with Crippen LogP contribution in [-0.2, 0) is 21.1 Å². The van der Waals surface area contributed by atoms with Gasteiger partial charge in [0, 0.05) is 13.0 Å². The zero-order valence-electron chi connectivity index (χ0n) is 20.4. The molecule has 0 unspecified atom stereocenters. The molecule has 1 aromatic carbocycles. The smallest absolute Gasteiger partial charge is 0.244 e. The fraction of sp³-hybridized carbons (Fsp3) is 0.560. The molecule has 0 saturated carbocycles. The molecule has 0 radical (unpaired) electrons. The summed E-state index contributed by atoms with van der Waals surface area (Å²) in [5.41, 5.74) is 1.50. The lowest BCUT2D eigenvalue weighted by Gasteiger charge is -2.34. The second-order valence-corrected chi connectivity index (χ2v) is 9.29. The van der Waals surface area contributed by atoms with E-state index in [9.17, 15) is 19.5 Å². The van der Waals surface area contributed by atoms with Crippen LogP contribution in [0.3, 0.4) is 0 Å². The summed E-state index contributed by atoms with van der Waals surface area (Å²) in [6.07, 6.45) is 6.07. The van der Waals surface area contributed by atoms with Crippen molar-refractivity contribution in [3.63, 3.8) is 0 Å². The fourth-order valence-corrected chi connectivity index (χ4v) is 5.68. The van der Waals surface area contributed by atoms with E-state index in [0.29, 0.717) is 6.42 Å². The Labute approximate surface area is 204 Å². The Morgan fingerprint density at radius 2 is 1.94 bits per heavy atom. The zero-order valence-corrected chi connectivity index (χ0v) is 20.4. The van der Waals surface area contributed by atoms with Crippen molar-refractivity contribution in [1.82, 2.24) is 30.5 Å². The van der Waals surface area contributed by atoms with Crippen molar-refractivity contribution in [3.05, 3.63) is 36.4 Å². The van der Waals surface area contributed by atoms with E-state index in [4.69, 9.17) is 0 Å². The number of allylic oxidation sites excluding steroid dienone is 1. The van der Waals surface area contributed by atoms with Crippen molar-refractivity contribution < 1.29 is 19.5 Å². The predicted molar refractivity (Wildman–Crippen MR) is 130 cm³/mol. The van der Waals surface area contributed by atoms with Crippen molar-refractivity contribution in [3.8, 4) is 0 Å². The molecule has 4 rings (SSSR count). The molecule has 2 aromatic rings. The van der Waals surface area contributed by atoms with Gasteiger partial charge in [-0.3, -0.25) is 14.4 Å². The first-order valence-electron chi connectivity index (χ1n) is 12.4. The van der Waals surface area contributed by atoms with Crippen molar-refractivity contribution in [2.24, 2.45) is 23.7 Å². The van der Waals surface area contributed by atoms with Crippen LogP contribution >= 0.6 is 0 Å². The molecule has 10 nitrogen and oxygen atoms in total. The van der Waals surface area contributed by atoms with Gasteiger partial charge in [-0.15, -0.1) is 5.10 Å². The van der Waals surface area contributed by atoms with E-state index in [1.54, 1.807) is 11.7 Å². The SMILES string of the molecule is CCC[C@@H]1C=C[C@H]2[C@H](C(=O)N([C@@H](CC)CO)[C@@H]2C(=O)NCn2nnc3ccccc32)[C@@H]1C(=O)NC. The highest BCUT2D eigenvalue weighted by Crippen LogP contribution is 2.46. The number of aromatic nitrogens is 3. The Hall–Kier alpha value is -3.27. The molecule has 1 saturated heterocycles. The van der Waals surface area contributed by atoms with Gasteiger partial charge >= 0.3 is 0 Å². The number of rotatable bonds is 9. The number of likely N-dealkylation sites (tertiary alicyclic amines) is 1. The number of hydrogen-bond acceptors (Lipinski definition) is 6. The summed E-state index contributed by atoms with van der Waals surface area (Å²) < 4.78 is 1.59. The summed E-state index contributed by atoms with van der Waals surface area (Å²) in [6, 6.07) is 6.11. The summed E-state index contributed by atoms with van der Waals surface area (Å²) in [5, 5.41) is 23.9. The lowest BCUT2D eigenvalue weighted by atomic mass is 9.68. The third-order valence-corrected chi connectivity index (χ3v) is 7.39. The normalized spacial score (nSPS) is 26.6. The Bertz CT molecular complexity index is 1110. The average Bonchev–Trinajstić information content (AvgIpc) is 3.42. The highest BCUT2D eigenvalue weighted by molar-refractivity contribution is 5.97. The minimum absolute atomic E-state index is 0.0791. The summed E-state index contributed by atoms with van der Waals surface area (Å²) in [5.74, 6) is -2.54. The highest BCUT2D eigenvalue weighted by atomic mass is 16.3. The summed E-state index contributed by atoms with van der Waals surface area (Å²) >= 11 is 0. The van der Waals surface area contributed by atoms with E-state index in [2.05, 4.69) is 20.9 Å². The molecular weight excluding hydrogens is 448 g/mol. The standard InChI is InChI=1S/C25H34N6O4/c1-4-8-15-11-12-17-21(20(15)23(33)26-3)25(35)31(16(5-2)13-32)22(17)24(34)27-14-30-19-10-7-6-9-18(19)28-29-30/h6-7,9-12,15-17,20-22,32H,4-5,8,13-14H2,1-3H3,(H,26,33)(H,27,34)/t15-,16+,17+,20-,21+,22+/m1/s1. The van der Waals surface area contributed by atoms with E-state index in [1.165, 1.54) is 4.90 Å². The molecule has 3 amide bonds. The lowest BCUT2D eigenvalue weighted by molar-refractivity contribution is -0.143. The lowest BCUT2D eigenvalue weighted by Crippen LogP contribution is -2.52. The van der Waals surface area contributed by atoms with Gasteiger partial charge in [0.05, 0.1) is 30.0 Å². The van der Waals surface area contributed by atoms with Crippen LogP contribution in [0.4, 0.5) is 0 Å². The Balaban J connectivity index is 1.66. The number of carbonyl (C=O) groups excluding carboxylic acids is 3. The van der Waals surface area contributed by atoms with Gasteiger partial charge in [0.25, 0.3) is 0 Å². The van der Waals surface area contributed by atoms with Crippen LogP contribution in [0.25, 0.3) is 11.0 Å². The van der Waals surface area contributed by atoms with E-state index in [0.717, 1.165) is 23.9 Å². The molecule has 3 N–H and O–H groups in total. The van der Waals surface area contributed by atoms with Crippen LogP contribution in [0.1, 0.15) is 33.1 Å². The van der Waals surface area contributed by atoms with Crippen LogP contribution in [-0.4, -0.2) is 68.5 Å². The highest BCUT2D eigenvalue weighted by Gasteiger charge is 2.58. The van der Waals surface area contributed by atoms with Crippen molar-refractivity contribution in [1.29, 1.82) is 0 Å². The molecule has 0 spiro atoms. The first-order valence-corrected chi connectivity index (χ1v) is 12.4. The number of fused-ring (bicyclic) bond motifs is 2. The summed E-state index contributed by atoms with van der Waals surface area (Å²) in [4.78, 5) is 41.9. The molecule has 35 heavy (non-hydrogen) atoms. The topological polar surface area (TPSA) is 129 Å². The van der Waals surface area contributed by atoms with E-state index >= 15 is 0 Å². The van der Waals surface area contributed by atoms with Gasteiger partial charge in [-0.2, -0.15) is 0 Å². The number of benzene rings is 1. The largest absolute Gasteiger partial charge is 0.394 e. The maximum atomic E-state index is 13.8. The maximum absolute atomic E-state index is 13.8. The van der Waals surface area contributed by atoms with Gasteiger partial charge in [-0.25, -0.2) is 4.68 Å². The van der Waals surface area contributed by atoms with E-state index in [1.807, 2.05) is 50.3 Å². The molecule has 2 heterocycles. The van der Waals surface area contributed by atoms with Gasteiger partial charge in [-0.1, -0.05) is 49.8 Å². The molecule has 6 atom stereocenters. The Morgan fingerprint density at radius 3 is 2.63 bits per heavy atom. The number of amides is 3. The second-order valence-electron chi connectivity index (χ2n) is 9.29. The number of nitrogens with one attached hydrogen (secondary N) is 2. The number of hydrogen-bond donors (Lipinski definition) is 3. The van der Waals surface area contributed by atoms with Crippen LogP contribution in [0, 0.1) is 23.7 Å². The van der Waals surface area contributed by atoms with Crippen molar-refractivity contribution in [2.75, 3.05) is 13.7 Å². The third kappa shape index (κ3) is 4.42. The van der Waals surface area contributed by atoms with Gasteiger partial charge in [0.15, 0.2) is 0 Å².